The lowest BCUT2D eigenvalue weighted by molar-refractivity contribution is -0.150. The van der Waals surface area contributed by atoms with E-state index in [9.17, 15) is 19.8 Å². The number of pyridine rings is 2. The van der Waals surface area contributed by atoms with Gasteiger partial charge in [0.15, 0.2) is 11.6 Å². The van der Waals surface area contributed by atoms with Crippen LogP contribution in [0.1, 0.15) is 77.7 Å². The number of aliphatic hydroxyl groups excluding tert-OH is 1. The summed E-state index contributed by atoms with van der Waals surface area (Å²) in [6, 6.07) is 16.6. The lowest BCUT2D eigenvalue weighted by Gasteiger charge is -2.41. The molecular weight excluding hydrogens is 693 g/mol. The topological polar surface area (TPSA) is 149 Å². The van der Waals surface area contributed by atoms with Crippen LogP contribution >= 0.6 is 0 Å². The van der Waals surface area contributed by atoms with Crippen molar-refractivity contribution in [3.05, 3.63) is 94.8 Å². The smallest absolute Gasteiger partial charge is 0.309 e. The van der Waals surface area contributed by atoms with Gasteiger partial charge in [-0.25, -0.2) is 9.97 Å². The number of nitrogens with one attached hydrogen (secondary N) is 2. The Bertz CT molecular complexity index is 2280. The van der Waals surface area contributed by atoms with Gasteiger partial charge in [0.2, 0.25) is 0 Å². The molecule has 8 rings (SSSR count). The Morgan fingerprint density at radius 3 is 2.40 bits per heavy atom. The van der Waals surface area contributed by atoms with Crippen molar-refractivity contribution in [1.29, 1.82) is 0 Å². The Balaban J connectivity index is 0.975. The van der Waals surface area contributed by atoms with E-state index in [1.165, 1.54) is 0 Å². The van der Waals surface area contributed by atoms with Crippen LogP contribution in [-0.2, 0) is 31.4 Å². The highest BCUT2D eigenvalue weighted by molar-refractivity contribution is 6.03. The first-order valence-corrected chi connectivity index (χ1v) is 19.4. The molecule has 1 saturated carbocycles. The van der Waals surface area contributed by atoms with Gasteiger partial charge in [-0.15, -0.1) is 0 Å². The minimum atomic E-state index is -0.702. The predicted octanol–water partition coefficient (Wildman–Crippen LogP) is 6.60. The van der Waals surface area contributed by atoms with E-state index in [0.29, 0.717) is 43.6 Å². The molecule has 5 aromatic rings. The molecular formula is C43H50N8O4. The number of benzene rings is 2. The number of imidazole rings is 1. The van der Waals surface area contributed by atoms with Gasteiger partial charge in [-0.1, -0.05) is 24.3 Å². The van der Waals surface area contributed by atoms with E-state index in [4.69, 9.17) is 9.97 Å². The Hall–Kier alpha value is -5.17. The van der Waals surface area contributed by atoms with Crippen LogP contribution in [0.25, 0.3) is 22.0 Å². The summed E-state index contributed by atoms with van der Waals surface area (Å²) >= 11 is 0. The fourth-order valence-corrected chi connectivity index (χ4v) is 8.81. The van der Waals surface area contributed by atoms with Gasteiger partial charge < -0.3 is 25.4 Å². The minimum absolute atomic E-state index is 0.249. The number of aliphatic hydroxyl groups is 1. The van der Waals surface area contributed by atoms with Gasteiger partial charge in [0.25, 0.3) is 5.91 Å². The van der Waals surface area contributed by atoms with Gasteiger partial charge in [0.05, 0.1) is 17.2 Å². The number of aromatic nitrogens is 4. The van der Waals surface area contributed by atoms with Crippen molar-refractivity contribution in [3.8, 4) is 11.1 Å². The number of likely N-dealkylation sites (tertiary alicyclic amines) is 1. The van der Waals surface area contributed by atoms with E-state index < -0.39 is 11.4 Å². The molecule has 2 aromatic carbocycles. The third-order valence-corrected chi connectivity index (χ3v) is 12.3. The number of fused-ring (bicyclic) bond motifs is 2. The second kappa shape index (κ2) is 14.8. The summed E-state index contributed by atoms with van der Waals surface area (Å²) in [6.07, 6.45) is 8.13. The number of β-amino-alcohol motifs (C(OH)–C–C–N with tert-alkyl or cyclic N) is 1. The Morgan fingerprint density at radius 1 is 0.964 bits per heavy atom. The summed E-state index contributed by atoms with van der Waals surface area (Å²) in [7, 11) is 1.92. The SMILES string of the molecule is Cc1c(NC(=O)c2nc3c(n2C)CCN(C2CCC(C)(C(=O)O)CC2)C3)cccc1-c1cccc(Nc2nccc3cc(CN4CC[C@@H](O)C4)cnc23)c1C. The molecule has 286 valence electrons. The van der Waals surface area contributed by atoms with Gasteiger partial charge >= 0.3 is 5.97 Å². The number of anilines is 3. The summed E-state index contributed by atoms with van der Waals surface area (Å²) in [5, 5.41) is 27.3. The van der Waals surface area contributed by atoms with Crippen LogP contribution in [0.5, 0.6) is 0 Å². The molecule has 0 spiro atoms. The number of amides is 1. The predicted molar refractivity (Wildman–Crippen MR) is 213 cm³/mol. The van der Waals surface area contributed by atoms with Crippen LogP contribution in [0.3, 0.4) is 0 Å². The second-order valence-corrected chi connectivity index (χ2v) is 16.0. The lowest BCUT2D eigenvalue weighted by atomic mass is 9.73. The maximum atomic E-state index is 13.8. The van der Waals surface area contributed by atoms with E-state index >= 15 is 0 Å². The molecule has 1 aliphatic carbocycles. The second-order valence-electron chi connectivity index (χ2n) is 16.0. The molecule has 1 atom stereocenters. The van der Waals surface area contributed by atoms with Crippen LogP contribution < -0.4 is 10.6 Å². The average Bonchev–Trinajstić information content (AvgIpc) is 3.74. The summed E-state index contributed by atoms with van der Waals surface area (Å²) in [5.74, 6) is 0.118. The molecule has 4 N–H and O–H groups in total. The van der Waals surface area contributed by atoms with Crippen molar-refractivity contribution >= 4 is 40.0 Å². The van der Waals surface area contributed by atoms with Gasteiger partial charge in [-0.2, -0.15) is 0 Å². The number of carboxylic acids is 1. The zero-order valence-corrected chi connectivity index (χ0v) is 32.1. The normalized spacial score (nSPS) is 21.8. The average molecular weight is 743 g/mol. The molecule has 0 unspecified atom stereocenters. The summed E-state index contributed by atoms with van der Waals surface area (Å²) in [6.45, 7) is 9.85. The molecule has 2 aliphatic heterocycles. The number of rotatable bonds is 9. The van der Waals surface area contributed by atoms with Crippen molar-refractivity contribution in [2.75, 3.05) is 30.3 Å². The molecule has 3 aromatic heterocycles. The Kier molecular flexibility index (Phi) is 9.91. The first-order chi connectivity index (χ1) is 26.5. The number of nitrogens with zero attached hydrogens (tertiary/aromatic N) is 6. The Labute approximate surface area is 321 Å². The molecule has 1 amide bonds. The molecule has 55 heavy (non-hydrogen) atoms. The fraction of sp³-hybridized carbons (Fsp3) is 0.419. The molecule has 0 bridgehead atoms. The summed E-state index contributed by atoms with van der Waals surface area (Å²) in [4.78, 5) is 44.6. The molecule has 12 heteroatoms. The third kappa shape index (κ3) is 7.21. The summed E-state index contributed by atoms with van der Waals surface area (Å²) in [5.41, 5.74) is 8.97. The molecule has 2 fully saturated rings. The number of aliphatic carboxylic acids is 1. The highest BCUT2D eigenvalue weighted by Gasteiger charge is 2.40. The molecule has 3 aliphatic rings. The monoisotopic (exact) mass is 742 g/mol. The summed E-state index contributed by atoms with van der Waals surface area (Å²) < 4.78 is 1.93. The number of hydrogen-bond donors (Lipinski definition) is 4. The largest absolute Gasteiger partial charge is 0.481 e. The molecule has 5 heterocycles. The lowest BCUT2D eigenvalue weighted by Crippen LogP contribution is -2.44. The highest BCUT2D eigenvalue weighted by Crippen LogP contribution is 2.39. The fourth-order valence-electron chi connectivity index (χ4n) is 8.81. The van der Waals surface area contributed by atoms with Crippen molar-refractivity contribution in [3.63, 3.8) is 0 Å². The standard InChI is InChI=1S/C43H50N8O4/c1-26-32(7-5-9-34(26)46-39-38-29(13-18-44-39)21-28(22-45-38)23-50-19-14-31(52)24-50)33-8-6-10-35(27(33)2)48-41(53)40-47-36-25-51(20-15-37(36)49(40)4)30-11-16-43(3,17-12-30)42(54)55/h5-10,13,18,21-22,30-31,52H,11-12,14-17,19-20,23-25H2,1-4H3,(H,44,46)(H,48,53)(H,54,55)/t30?,31-,43?/m1/s1. The molecule has 0 radical (unpaired) electrons. The van der Waals surface area contributed by atoms with E-state index in [-0.39, 0.29) is 12.0 Å². The first-order valence-electron chi connectivity index (χ1n) is 19.4. The highest BCUT2D eigenvalue weighted by atomic mass is 16.4. The Morgan fingerprint density at radius 2 is 1.69 bits per heavy atom. The quantitative estimate of drug-likeness (QED) is 0.130. The van der Waals surface area contributed by atoms with Crippen molar-refractivity contribution in [1.82, 2.24) is 29.3 Å². The van der Waals surface area contributed by atoms with E-state index in [0.717, 1.165) is 107 Å². The van der Waals surface area contributed by atoms with Crippen LogP contribution in [-0.4, -0.2) is 83.2 Å². The number of carbonyl (C=O) groups is 2. The zero-order chi connectivity index (χ0) is 38.4. The van der Waals surface area contributed by atoms with E-state index in [2.05, 4.69) is 50.5 Å². The number of carbonyl (C=O) groups excluding carboxylic acids is 1. The van der Waals surface area contributed by atoms with Crippen LogP contribution in [0, 0.1) is 19.3 Å². The van der Waals surface area contributed by atoms with Gasteiger partial charge in [-0.3, -0.25) is 24.4 Å². The van der Waals surface area contributed by atoms with Crippen molar-refractivity contribution in [2.45, 2.75) is 84.5 Å². The van der Waals surface area contributed by atoms with E-state index in [1.54, 1.807) is 6.20 Å². The van der Waals surface area contributed by atoms with Crippen LogP contribution in [0.4, 0.5) is 17.2 Å². The molecule has 1 saturated heterocycles. The third-order valence-electron chi connectivity index (χ3n) is 12.3. The molecule has 12 nitrogen and oxygen atoms in total. The van der Waals surface area contributed by atoms with Gasteiger partial charge in [0, 0.05) is 87.1 Å². The van der Waals surface area contributed by atoms with E-state index in [1.807, 2.05) is 62.0 Å². The van der Waals surface area contributed by atoms with Crippen LogP contribution in [0.2, 0.25) is 0 Å². The van der Waals surface area contributed by atoms with Gasteiger partial charge in [0.1, 0.15) is 5.52 Å². The zero-order valence-electron chi connectivity index (χ0n) is 32.1. The maximum absolute atomic E-state index is 13.8. The van der Waals surface area contributed by atoms with Crippen molar-refractivity contribution in [2.24, 2.45) is 12.5 Å². The van der Waals surface area contributed by atoms with Gasteiger partial charge in [-0.05, 0) is 105 Å². The van der Waals surface area contributed by atoms with Crippen LogP contribution in [0.15, 0.2) is 60.9 Å². The minimum Gasteiger partial charge on any atom is -0.481 e. The first kappa shape index (κ1) is 36.8. The number of hydrogen-bond acceptors (Lipinski definition) is 9. The van der Waals surface area contributed by atoms with Crippen molar-refractivity contribution < 1.29 is 19.8 Å². The number of carboxylic acid groups (broad SMARTS) is 1. The maximum Gasteiger partial charge on any atom is 0.309 e.